The van der Waals surface area contributed by atoms with Crippen LogP contribution in [0.15, 0.2) is 59.1 Å². The van der Waals surface area contributed by atoms with Gasteiger partial charge in [0.1, 0.15) is 11.5 Å². The lowest BCUT2D eigenvalue weighted by Gasteiger charge is -2.31. The first-order chi connectivity index (χ1) is 15.9. The van der Waals surface area contributed by atoms with E-state index in [0.29, 0.717) is 24.6 Å². The van der Waals surface area contributed by atoms with Crippen molar-refractivity contribution in [1.82, 2.24) is 10.1 Å². The number of aromatic nitrogens is 1. The average Bonchev–Trinajstić information content (AvgIpc) is 3.23. The zero-order valence-corrected chi connectivity index (χ0v) is 19.6. The second kappa shape index (κ2) is 10.2. The van der Waals surface area contributed by atoms with E-state index in [4.69, 9.17) is 4.52 Å². The Hall–Kier alpha value is -3.15. The average molecular weight is 450 g/mol. The van der Waals surface area contributed by atoms with Crippen molar-refractivity contribution in [2.75, 3.05) is 24.5 Å². The van der Waals surface area contributed by atoms with Gasteiger partial charge in [0.25, 0.3) is 5.91 Å². The van der Waals surface area contributed by atoms with Crippen LogP contribution in [0.3, 0.4) is 0 Å². The van der Waals surface area contributed by atoms with Gasteiger partial charge >= 0.3 is 0 Å². The molecule has 1 aliphatic heterocycles. The van der Waals surface area contributed by atoms with Crippen LogP contribution in [0.4, 0.5) is 10.3 Å². The standard InChI is InChI=1S/C27H32FN3O2/c1-19(2)17-31(26(32)22-9-11-23(28)12-10-22)18-24-25(21-7-5-4-6-8-21)29-33-27(24)30-15-13-20(3)14-16-30/h4-12,19-20H,13-18H2,1-3H3. The van der Waals surface area contributed by atoms with Crippen LogP contribution in [0.1, 0.15) is 49.5 Å². The number of hydrogen-bond donors (Lipinski definition) is 0. The van der Waals surface area contributed by atoms with Crippen molar-refractivity contribution in [3.63, 3.8) is 0 Å². The number of carbonyl (C=O) groups excluding carboxylic acids is 1. The molecule has 4 rings (SSSR count). The van der Waals surface area contributed by atoms with Gasteiger partial charge in [0.2, 0.25) is 5.88 Å². The van der Waals surface area contributed by atoms with E-state index in [1.165, 1.54) is 12.1 Å². The van der Waals surface area contributed by atoms with Crippen LogP contribution < -0.4 is 4.90 Å². The highest BCUT2D eigenvalue weighted by Crippen LogP contribution is 2.35. The zero-order valence-electron chi connectivity index (χ0n) is 19.6. The summed E-state index contributed by atoms with van der Waals surface area (Å²) in [7, 11) is 0. The van der Waals surface area contributed by atoms with E-state index in [1.54, 1.807) is 12.1 Å². The fourth-order valence-electron chi connectivity index (χ4n) is 4.35. The van der Waals surface area contributed by atoms with Crippen molar-refractivity contribution in [1.29, 1.82) is 0 Å². The van der Waals surface area contributed by atoms with Crippen LogP contribution in [-0.4, -0.2) is 35.6 Å². The summed E-state index contributed by atoms with van der Waals surface area (Å²) in [5, 5.41) is 4.45. The van der Waals surface area contributed by atoms with Gasteiger partial charge in [-0.1, -0.05) is 56.3 Å². The van der Waals surface area contributed by atoms with Crippen molar-refractivity contribution in [2.45, 2.75) is 40.2 Å². The second-order valence-corrected chi connectivity index (χ2v) is 9.44. The number of halogens is 1. The first kappa shape index (κ1) is 23.0. The monoisotopic (exact) mass is 449 g/mol. The molecule has 1 aromatic heterocycles. The lowest BCUT2D eigenvalue weighted by Crippen LogP contribution is -2.36. The Kier molecular flexibility index (Phi) is 7.11. The molecule has 6 heteroatoms. The van der Waals surface area contributed by atoms with Gasteiger partial charge in [-0.05, 0) is 48.9 Å². The fraction of sp³-hybridized carbons (Fsp3) is 0.407. The van der Waals surface area contributed by atoms with Gasteiger partial charge in [0, 0.05) is 30.8 Å². The van der Waals surface area contributed by atoms with Crippen molar-refractivity contribution in [2.24, 2.45) is 11.8 Å². The maximum Gasteiger partial charge on any atom is 0.254 e. The highest BCUT2D eigenvalue weighted by molar-refractivity contribution is 5.94. The van der Waals surface area contributed by atoms with Gasteiger partial charge in [0.05, 0.1) is 12.1 Å². The summed E-state index contributed by atoms with van der Waals surface area (Å²) in [6.07, 6.45) is 2.20. The Balaban J connectivity index is 1.71. The Morgan fingerprint density at radius 1 is 1.12 bits per heavy atom. The topological polar surface area (TPSA) is 49.6 Å². The van der Waals surface area contributed by atoms with Crippen LogP contribution in [0.25, 0.3) is 11.3 Å². The second-order valence-electron chi connectivity index (χ2n) is 9.44. The summed E-state index contributed by atoms with van der Waals surface area (Å²) in [5.74, 6) is 1.24. The summed E-state index contributed by atoms with van der Waals surface area (Å²) in [5.41, 5.74) is 3.13. The molecule has 0 unspecified atom stereocenters. The molecule has 0 radical (unpaired) electrons. The van der Waals surface area contributed by atoms with Crippen molar-refractivity contribution >= 4 is 11.8 Å². The Bertz CT molecular complexity index is 1050. The summed E-state index contributed by atoms with van der Waals surface area (Å²) >= 11 is 0. The summed E-state index contributed by atoms with van der Waals surface area (Å²) in [6, 6.07) is 15.7. The van der Waals surface area contributed by atoms with Gasteiger partial charge in [-0.3, -0.25) is 4.79 Å². The van der Waals surface area contributed by atoms with Gasteiger partial charge in [-0.2, -0.15) is 0 Å². The zero-order chi connectivity index (χ0) is 23.4. The van der Waals surface area contributed by atoms with Crippen LogP contribution in [0.2, 0.25) is 0 Å². The molecule has 0 aliphatic carbocycles. The van der Waals surface area contributed by atoms with Crippen LogP contribution in [0, 0.1) is 17.7 Å². The minimum atomic E-state index is -0.353. The molecule has 0 bridgehead atoms. The van der Waals surface area contributed by atoms with E-state index in [0.717, 1.165) is 48.6 Å². The third kappa shape index (κ3) is 5.44. The maximum absolute atomic E-state index is 13.4. The minimum absolute atomic E-state index is 0.123. The van der Waals surface area contributed by atoms with Crippen LogP contribution in [0.5, 0.6) is 0 Å². The number of piperidine rings is 1. The SMILES string of the molecule is CC(C)CN(Cc1c(-c2ccccc2)noc1N1CCC(C)CC1)C(=O)c1ccc(F)cc1. The van der Waals surface area contributed by atoms with Crippen molar-refractivity contribution in [3.8, 4) is 11.3 Å². The van der Waals surface area contributed by atoms with Gasteiger partial charge in [0.15, 0.2) is 0 Å². The molecule has 3 aromatic rings. The van der Waals surface area contributed by atoms with Crippen LogP contribution in [-0.2, 0) is 6.54 Å². The summed E-state index contributed by atoms with van der Waals surface area (Å²) in [4.78, 5) is 17.5. The van der Waals surface area contributed by atoms with Gasteiger partial charge in [-0.15, -0.1) is 0 Å². The van der Waals surface area contributed by atoms with E-state index in [-0.39, 0.29) is 17.6 Å². The molecule has 1 aliphatic rings. The Morgan fingerprint density at radius 3 is 2.42 bits per heavy atom. The molecular weight excluding hydrogens is 417 g/mol. The van der Waals surface area contributed by atoms with Crippen molar-refractivity contribution < 1.29 is 13.7 Å². The number of amides is 1. The number of nitrogens with zero attached hydrogens (tertiary/aromatic N) is 3. The van der Waals surface area contributed by atoms with Gasteiger partial charge in [-0.25, -0.2) is 4.39 Å². The smallest absolute Gasteiger partial charge is 0.254 e. The lowest BCUT2D eigenvalue weighted by molar-refractivity contribution is 0.0723. The molecule has 0 N–H and O–H groups in total. The largest absolute Gasteiger partial charge is 0.340 e. The molecular formula is C27H32FN3O2. The summed E-state index contributed by atoms with van der Waals surface area (Å²) in [6.45, 7) is 9.23. The van der Waals surface area contributed by atoms with E-state index >= 15 is 0 Å². The molecule has 1 fully saturated rings. The molecule has 174 valence electrons. The number of carbonyl (C=O) groups is 1. The third-order valence-corrected chi connectivity index (χ3v) is 6.20. The number of hydrogen-bond acceptors (Lipinski definition) is 4. The summed E-state index contributed by atoms with van der Waals surface area (Å²) < 4.78 is 19.4. The Labute approximate surface area is 195 Å². The number of rotatable bonds is 7. The third-order valence-electron chi connectivity index (χ3n) is 6.20. The quantitative estimate of drug-likeness (QED) is 0.443. The Morgan fingerprint density at radius 2 is 1.79 bits per heavy atom. The van der Waals surface area contributed by atoms with Crippen LogP contribution >= 0.6 is 0 Å². The number of anilines is 1. The highest BCUT2D eigenvalue weighted by Gasteiger charge is 2.28. The molecule has 1 amide bonds. The van der Waals surface area contributed by atoms with E-state index in [9.17, 15) is 9.18 Å². The molecule has 0 spiro atoms. The lowest BCUT2D eigenvalue weighted by atomic mass is 9.98. The predicted octanol–water partition coefficient (Wildman–Crippen LogP) is 6.02. The molecule has 1 saturated heterocycles. The minimum Gasteiger partial charge on any atom is -0.340 e. The first-order valence-corrected chi connectivity index (χ1v) is 11.8. The van der Waals surface area contributed by atoms with Crippen molar-refractivity contribution in [3.05, 3.63) is 71.5 Å². The molecule has 2 aromatic carbocycles. The normalized spacial score (nSPS) is 14.6. The van der Waals surface area contributed by atoms with E-state index < -0.39 is 0 Å². The fourth-order valence-corrected chi connectivity index (χ4v) is 4.35. The predicted molar refractivity (Wildman–Crippen MR) is 129 cm³/mol. The molecule has 0 saturated carbocycles. The first-order valence-electron chi connectivity index (χ1n) is 11.8. The van der Waals surface area contributed by atoms with E-state index in [2.05, 4.69) is 30.8 Å². The molecule has 33 heavy (non-hydrogen) atoms. The molecule has 2 heterocycles. The van der Waals surface area contributed by atoms with Gasteiger partial charge < -0.3 is 14.3 Å². The molecule has 0 atom stereocenters. The maximum atomic E-state index is 13.4. The number of benzene rings is 2. The van der Waals surface area contributed by atoms with E-state index in [1.807, 2.05) is 35.2 Å². The molecule has 5 nitrogen and oxygen atoms in total. The highest BCUT2D eigenvalue weighted by atomic mass is 19.1.